The molecule has 25 heavy (non-hydrogen) atoms. The minimum absolute atomic E-state index is 0.243. The van der Waals surface area contributed by atoms with Gasteiger partial charge in [-0.3, -0.25) is 4.79 Å². The number of nitrogens with zero attached hydrogens (tertiary/aromatic N) is 3. The summed E-state index contributed by atoms with van der Waals surface area (Å²) in [6.07, 6.45) is 3.53. The average molecular weight is 341 g/mol. The van der Waals surface area contributed by atoms with Gasteiger partial charge in [-0.05, 0) is 24.8 Å². The molecular formula is C19H23N3O3. The summed E-state index contributed by atoms with van der Waals surface area (Å²) in [5.41, 5.74) is 0.974. The van der Waals surface area contributed by atoms with Crippen molar-refractivity contribution in [3.05, 3.63) is 47.7 Å². The van der Waals surface area contributed by atoms with Crippen LogP contribution in [0, 0.1) is 12.3 Å². The first kappa shape index (κ1) is 16.3. The molecule has 0 radical (unpaired) electrons. The van der Waals surface area contributed by atoms with Gasteiger partial charge in [-0.1, -0.05) is 36.8 Å². The summed E-state index contributed by atoms with van der Waals surface area (Å²) in [5.74, 6) is 1.22. The van der Waals surface area contributed by atoms with E-state index in [1.165, 1.54) is 5.56 Å². The maximum Gasteiger partial charge on any atom is 0.246 e. The van der Waals surface area contributed by atoms with Crippen molar-refractivity contribution in [1.82, 2.24) is 15.1 Å². The fourth-order valence-corrected chi connectivity index (χ4v) is 3.82. The first-order valence-corrected chi connectivity index (χ1v) is 8.91. The Balaban J connectivity index is 1.49. The maximum atomic E-state index is 13.3. The van der Waals surface area contributed by atoms with E-state index in [1.807, 2.05) is 23.1 Å². The Morgan fingerprint density at radius 2 is 2.08 bits per heavy atom. The number of rotatable bonds is 4. The van der Waals surface area contributed by atoms with Crippen LogP contribution in [0.3, 0.4) is 0 Å². The highest BCUT2D eigenvalue weighted by molar-refractivity contribution is 5.84. The molecule has 6 nitrogen and oxygen atoms in total. The normalized spacial score (nSPS) is 22.4. The summed E-state index contributed by atoms with van der Waals surface area (Å²) in [5, 5.41) is 7.91. The largest absolute Gasteiger partial charge is 0.423 e. The number of amides is 1. The Kier molecular flexibility index (Phi) is 4.29. The van der Waals surface area contributed by atoms with Crippen molar-refractivity contribution in [2.75, 3.05) is 19.7 Å². The predicted molar refractivity (Wildman–Crippen MR) is 90.7 cm³/mol. The van der Waals surface area contributed by atoms with E-state index in [-0.39, 0.29) is 17.4 Å². The monoisotopic (exact) mass is 341 g/mol. The van der Waals surface area contributed by atoms with E-state index in [0.717, 1.165) is 25.7 Å². The molecule has 1 aliphatic heterocycles. The molecule has 2 aliphatic rings. The number of ether oxygens (including phenoxy) is 1. The number of hydrogen-bond acceptors (Lipinski definition) is 5. The molecule has 0 spiro atoms. The number of carbonyl (C=O) groups is 1. The lowest BCUT2D eigenvalue weighted by Crippen LogP contribution is -2.53. The van der Waals surface area contributed by atoms with E-state index in [0.29, 0.717) is 31.5 Å². The third kappa shape index (κ3) is 3.18. The van der Waals surface area contributed by atoms with Gasteiger partial charge in [0.05, 0.1) is 18.6 Å². The van der Waals surface area contributed by atoms with Gasteiger partial charge in [-0.25, -0.2) is 0 Å². The van der Waals surface area contributed by atoms with Gasteiger partial charge in [0.25, 0.3) is 0 Å². The topological polar surface area (TPSA) is 68.5 Å². The molecule has 1 saturated carbocycles. The molecular weight excluding hydrogens is 318 g/mol. The molecule has 1 aromatic heterocycles. The smallest absolute Gasteiger partial charge is 0.246 e. The fraction of sp³-hybridized carbons (Fsp3) is 0.526. The van der Waals surface area contributed by atoms with Crippen molar-refractivity contribution in [3.8, 4) is 0 Å². The van der Waals surface area contributed by atoms with Crippen LogP contribution in [-0.2, 0) is 16.0 Å². The summed E-state index contributed by atoms with van der Waals surface area (Å²) >= 11 is 0. The van der Waals surface area contributed by atoms with Crippen molar-refractivity contribution in [1.29, 1.82) is 0 Å². The third-order valence-electron chi connectivity index (χ3n) is 5.32. The molecule has 6 heteroatoms. The quantitative estimate of drug-likeness (QED) is 0.855. The van der Waals surface area contributed by atoms with Gasteiger partial charge in [0.1, 0.15) is 0 Å². The van der Waals surface area contributed by atoms with Crippen LogP contribution in [0.5, 0.6) is 0 Å². The summed E-state index contributed by atoms with van der Waals surface area (Å²) < 4.78 is 11.2. The fourth-order valence-electron chi connectivity index (χ4n) is 3.82. The van der Waals surface area contributed by atoms with E-state index in [4.69, 9.17) is 9.15 Å². The van der Waals surface area contributed by atoms with Crippen molar-refractivity contribution >= 4 is 5.91 Å². The van der Waals surface area contributed by atoms with Crippen molar-refractivity contribution < 1.29 is 13.9 Å². The summed E-state index contributed by atoms with van der Waals surface area (Å²) in [7, 11) is 0. The molecule has 0 unspecified atom stereocenters. The van der Waals surface area contributed by atoms with E-state index in [9.17, 15) is 4.79 Å². The number of carbonyl (C=O) groups excluding carboxylic acids is 1. The number of hydrogen-bond donors (Lipinski definition) is 0. The van der Waals surface area contributed by atoms with E-state index >= 15 is 0 Å². The average Bonchev–Trinajstić information content (AvgIpc) is 3.05. The van der Waals surface area contributed by atoms with Crippen LogP contribution < -0.4 is 0 Å². The standard InChI is InChI=1S/C19H23N3O3/c1-14-20-21-17(25-14)16-13-22(10-11-24-16)18(23)19(8-5-9-19)12-15-6-3-2-4-7-15/h2-4,6-7,16H,5,8-13H2,1H3/t16-/m0/s1. The number of morpholine rings is 1. The van der Waals surface area contributed by atoms with Crippen LogP contribution in [-0.4, -0.2) is 40.7 Å². The zero-order valence-electron chi connectivity index (χ0n) is 14.5. The highest BCUT2D eigenvalue weighted by Crippen LogP contribution is 2.45. The van der Waals surface area contributed by atoms with Crippen molar-refractivity contribution in [2.45, 2.75) is 38.7 Å². The van der Waals surface area contributed by atoms with Gasteiger partial charge in [0, 0.05) is 13.5 Å². The molecule has 1 aromatic carbocycles. The Morgan fingerprint density at radius 3 is 2.72 bits per heavy atom. The molecule has 132 valence electrons. The zero-order valence-corrected chi connectivity index (χ0v) is 14.5. The second-order valence-corrected chi connectivity index (χ2v) is 7.07. The van der Waals surface area contributed by atoms with Crippen molar-refractivity contribution in [3.63, 3.8) is 0 Å². The summed E-state index contributed by atoms with van der Waals surface area (Å²) in [4.78, 5) is 15.2. The van der Waals surface area contributed by atoms with Crippen LogP contribution >= 0.6 is 0 Å². The highest BCUT2D eigenvalue weighted by atomic mass is 16.5. The number of aromatic nitrogens is 2. The van der Waals surface area contributed by atoms with Gasteiger partial charge in [-0.15, -0.1) is 10.2 Å². The van der Waals surface area contributed by atoms with E-state index in [1.54, 1.807) is 6.92 Å². The van der Waals surface area contributed by atoms with Crippen LogP contribution in [0.2, 0.25) is 0 Å². The van der Waals surface area contributed by atoms with Crippen LogP contribution in [0.4, 0.5) is 0 Å². The highest BCUT2D eigenvalue weighted by Gasteiger charge is 2.47. The molecule has 2 heterocycles. The first-order chi connectivity index (χ1) is 12.2. The molecule has 0 bridgehead atoms. The predicted octanol–water partition coefficient (Wildman–Crippen LogP) is 2.69. The van der Waals surface area contributed by atoms with Gasteiger partial charge < -0.3 is 14.1 Å². The van der Waals surface area contributed by atoms with E-state index < -0.39 is 0 Å². The minimum Gasteiger partial charge on any atom is -0.423 e. The zero-order chi connectivity index (χ0) is 17.3. The summed E-state index contributed by atoms with van der Waals surface area (Å²) in [6.45, 7) is 3.36. The summed E-state index contributed by atoms with van der Waals surface area (Å²) in [6, 6.07) is 10.3. The molecule has 0 N–H and O–H groups in total. The Labute approximate surface area is 147 Å². The van der Waals surface area contributed by atoms with Crippen LogP contribution in [0.15, 0.2) is 34.7 Å². The molecule has 1 amide bonds. The third-order valence-corrected chi connectivity index (χ3v) is 5.32. The maximum absolute atomic E-state index is 13.3. The Bertz CT molecular complexity index is 739. The minimum atomic E-state index is -0.326. The van der Waals surface area contributed by atoms with Gasteiger partial charge in [0.2, 0.25) is 17.7 Å². The lowest BCUT2D eigenvalue weighted by Gasteiger charge is -2.45. The first-order valence-electron chi connectivity index (χ1n) is 8.91. The van der Waals surface area contributed by atoms with Crippen LogP contribution in [0.1, 0.15) is 42.7 Å². The second-order valence-electron chi connectivity index (χ2n) is 7.07. The van der Waals surface area contributed by atoms with Gasteiger partial charge in [-0.2, -0.15) is 0 Å². The molecule has 2 aromatic rings. The Morgan fingerprint density at radius 1 is 1.28 bits per heavy atom. The van der Waals surface area contributed by atoms with Crippen LogP contribution in [0.25, 0.3) is 0 Å². The molecule has 2 fully saturated rings. The van der Waals surface area contributed by atoms with Crippen molar-refractivity contribution in [2.24, 2.45) is 5.41 Å². The SMILES string of the molecule is Cc1nnc([C@@H]2CN(C(=O)C3(Cc4ccccc4)CCC3)CCO2)o1. The Hall–Kier alpha value is -2.21. The van der Waals surface area contributed by atoms with E-state index in [2.05, 4.69) is 22.3 Å². The van der Waals surface area contributed by atoms with Gasteiger partial charge >= 0.3 is 0 Å². The molecule has 1 aliphatic carbocycles. The second kappa shape index (κ2) is 6.59. The van der Waals surface area contributed by atoms with Gasteiger partial charge in [0.15, 0.2) is 6.10 Å². The number of benzene rings is 1. The molecule has 1 saturated heterocycles. The lowest BCUT2D eigenvalue weighted by atomic mass is 9.64. The lowest BCUT2D eigenvalue weighted by molar-refractivity contribution is -0.156. The number of aryl methyl sites for hydroxylation is 1. The molecule has 1 atom stereocenters. The molecule has 4 rings (SSSR count).